The smallest absolute Gasteiger partial charge is 0.412 e. The largest absolute Gasteiger partial charge is 0.496 e. The van der Waals surface area contributed by atoms with Gasteiger partial charge in [0.05, 0.1) is 39.7 Å². The Morgan fingerprint density at radius 1 is 0.814 bits per heavy atom. The second kappa shape index (κ2) is 17.3. The van der Waals surface area contributed by atoms with Crippen molar-refractivity contribution in [1.29, 1.82) is 0 Å². The lowest BCUT2D eigenvalue weighted by atomic mass is 10.1. The summed E-state index contributed by atoms with van der Waals surface area (Å²) < 4.78 is 27.1. The molecule has 0 aliphatic heterocycles. The molecule has 0 heterocycles. The van der Waals surface area contributed by atoms with Gasteiger partial charge in [0.15, 0.2) is 0 Å². The first-order valence-corrected chi connectivity index (χ1v) is 14.5. The summed E-state index contributed by atoms with van der Waals surface area (Å²) in [6, 6.07) is 16.1. The minimum atomic E-state index is -0.630. The summed E-state index contributed by atoms with van der Waals surface area (Å²) in [6.07, 6.45) is 3.22. The molecule has 0 fully saturated rings. The number of carbonyl (C=O) groups excluding carboxylic acids is 3. The highest BCUT2D eigenvalue weighted by Gasteiger charge is 2.12. The van der Waals surface area contributed by atoms with Gasteiger partial charge in [-0.1, -0.05) is 18.2 Å². The van der Waals surface area contributed by atoms with Crippen molar-refractivity contribution in [2.45, 2.75) is 31.6 Å². The van der Waals surface area contributed by atoms with Crippen LogP contribution in [0.1, 0.15) is 36.0 Å². The van der Waals surface area contributed by atoms with E-state index >= 15 is 0 Å². The number of aldehydes is 1. The third kappa shape index (κ3) is 10.3. The molecule has 0 saturated heterocycles. The zero-order chi connectivity index (χ0) is 31.0. The molecule has 0 spiro atoms. The maximum atomic E-state index is 12.6. The van der Waals surface area contributed by atoms with Gasteiger partial charge >= 0.3 is 6.09 Å². The topological polar surface area (TPSA) is 121 Å². The number of rotatable bonds is 16. The summed E-state index contributed by atoms with van der Waals surface area (Å²) in [5, 5.41) is 7.47. The van der Waals surface area contributed by atoms with Crippen molar-refractivity contribution in [3.8, 4) is 23.0 Å². The molecule has 2 amide bonds. The van der Waals surface area contributed by atoms with Gasteiger partial charge in [-0.05, 0) is 53.3 Å². The van der Waals surface area contributed by atoms with E-state index in [-0.39, 0.29) is 18.9 Å². The van der Waals surface area contributed by atoms with E-state index < -0.39 is 6.09 Å². The second-order valence-electron chi connectivity index (χ2n) is 9.10. The number of hydrogen-bond acceptors (Lipinski definition) is 9. The Labute approximate surface area is 255 Å². The van der Waals surface area contributed by atoms with Crippen LogP contribution in [0.2, 0.25) is 0 Å². The van der Waals surface area contributed by atoms with Crippen molar-refractivity contribution in [2.75, 3.05) is 39.1 Å². The van der Waals surface area contributed by atoms with E-state index in [2.05, 4.69) is 10.6 Å². The highest BCUT2D eigenvalue weighted by Crippen LogP contribution is 2.36. The van der Waals surface area contributed by atoms with Crippen LogP contribution in [0.15, 0.2) is 60.0 Å². The standard InChI is InChI=1S/C32H36N2O8S/c1-38-25-18-29(40-3)26(30(19-25)41-4)14-16-43-21-23-10-13-28(39-2)27(17-23)34-32(37)42-20-22-8-11-24(12-9-22)33-31(36)7-5-6-15-35/h8-19H,5-7,20-21H2,1-4H3,(H,33,36)(H,34,37)/b16-14+. The molecular formula is C32H36N2O8S. The van der Waals surface area contributed by atoms with E-state index in [4.69, 9.17) is 23.7 Å². The van der Waals surface area contributed by atoms with Gasteiger partial charge in [-0.2, -0.15) is 0 Å². The number of methoxy groups -OCH3 is 4. The van der Waals surface area contributed by atoms with E-state index in [0.717, 1.165) is 23.0 Å². The van der Waals surface area contributed by atoms with Crippen molar-refractivity contribution >= 4 is 47.5 Å². The predicted octanol–water partition coefficient (Wildman–Crippen LogP) is 6.68. The molecule has 3 aromatic carbocycles. The fourth-order valence-electron chi connectivity index (χ4n) is 3.95. The number of carbonyl (C=O) groups is 3. The van der Waals surface area contributed by atoms with Crippen LogP contribution in [-0.2, 0) is 26.7 Å². The average molecular weight is 609 g/mol. The van der Waals surface area contributed by atoms with E-state index in [1.54, 1.807) is 75.6 Å². The van der Waals surface area contributed by atoms with Crippen LogP contribution in [-0.4, -0.2) is 46.7 Å². The van der Waals surface area contributed by atoms with Gasteiger partial charge in [0.25, 0.3) is 0 Å². The number of ether oxygens (including phenoxy) is 5. The van der Waals surface area contributed by atoms with Crippen LogP contribution in [0.3, 0.4) is 0 Å². The highest BCUT2D eigenvalue weighted by molar-refractivity contribution is 8.01. The summed E-state index contributed by atoms with van der Waals surface area (Å²) in [4.78, 5) is 34.9. The Hall–Kier alpha value is -4.64. The van der Waals surface area contributed by atoms with Gasteiger partial charge in [-0.3, -0.25) is 10.1 Å². The van der Waals surface area contributed by atoms with Crippen LogP contribution in [0.25, 0.3) is 6.08 Å². The SMILES string of the molecule is COc1cc(OC)c(/C=C/SCc2ccc(OC)c(NC(=O)OCc3ccc(NC(=O)CCCC=O)cc3)c2)c(OC)c1. The summed E-state index contributed by atoms with van der Waals surface area (Å²) in [6.45, 7) is 0.0420. The summed E-state index contributed by atoms with van der Waals surface area (Å²) in [5.41, 5.74) is 3.62. The molecule has 0 aromatic heterocycles. The molecule has 0 aliphatic carbocycles. The summed E-state index contributed by atoms with van der Waals surface area (Å²) >= 11 is 1.56. The Balaban J connectivity index is 1.55. The third-order valence-corrected chi connectivity index (χ3v) is 7.00. The van der Waals surface area contributed by atoms with Gasteiger partial charge in [0.1, 0.15) is 35.9 Å². The van der Waals surface area contributed by atoms with Gasteiger partial charge in [0, 0.05) is 36.4 Å². The molecule has 10 nitrogen and oxygen atoms in total. The molecule has 0 radical (unpaired) electrons. The maximum absolute atomic E-state index is 12.6. The Bertz CT molecular complexity index is 1380. The van der Waals surface area contributed by atoms with Gasteiger partial charge in [0.2, 0.25) is 5.91 Å². The summed E-state index contributed by atoms with van der Waals surface area (Å²) in [7, 11) is 6.30. The molecule has 0 atom stereocenters. The molecule has 2 N–H and O–H groups in total. The first-order chi connectivity index (χ1) is 20.9. The number of thioether (sulfide) groups is 1. The lowest BCUT2D eigenvalue weighted by Gasteiger charge is -2.13. The van der Waals surface area contributed by atoms with Gasteiger partial charge in [-0.25, -0.2) is 4.79 Å². The first-order valence-electron chi connectivity index (χ1n) is 13.4. The number of unbranched alkanes of at least 4 members (excludes halogenated alkanes) is 1. The van der Waals surface area contributed by atoms with Crippen LogP contribution >= 0.6 is 11.8 Å². The molecule has 228 valence electrons. The zero-order valence-corrected chi connectivity index (χ0v) is 25.5. The zero-order valence-electron chi connectivity index (χ0n) is 24.6. The molecule has 0 aliphatic rings. The first kappa shape index (κ1) is 32.9. The Kier molecular flexibility index (Phi) is 13.3. The molecule has 3 aromatic rings. The minimum absolute atomic E-state index is 0.0420. The van der Waals surface area contributed by atoms with Crippen molar-refractivity contribution in [3.05, 3.63) is 76.7 Å². The average Bonchev–Trinajstić information content (AvgIpc) is 3.02. The molecule has 11 heteroatoms. The normalized spacial score (nSPS) is 10.6. The highest BCUT2D eigenvalue weighted by atomic mass is 32.2. The van der Waals surface area contributed by atoms with Crippen LogP contribution in [0, 0.1) is 0 Å². The van der Waals surface area contributed by atoms with Crippen molar-refractivity contribution < 1.29 is 38.1 Å². The molecule has 0 saturated carbocycles. The van der Waals surface area contributed by atoms with Crippen LogP contribution < -0.4 is 29.6 Å². The number of benzene rings is 3. The molecule has 43 heavy (non-hydrogen) atoms. The fourth-order valence-corrected chi connectivity index (χ4v) is 4.65. The summed E-state index contributed by atoms with van der Waals surface area (Å²) in [5.74, 6) is 2.87. The molecule has 0 unspecified atom stereocenters. The van der Waals surface area contributed by atoms with Crippen LogP contribution in [0.5, 0.6) is 23.0 Å². The Morgan fingerprint density at radius 3 is 2.12 bits per heavy atom. The van der Waals surface area contributed by atoms with E-state index in [0.29, 0.717) is 53.0 Å². The molecule has 3 rings (SSSR count). The predicted molar refractivity (Wildman–Crippen MR) is 168 cm³/mol. The van der Waals surface area contributed by atoms with Gasteiger partial charge in [-0.15, -0.1) is 11.8 Å². The number of amides is 2. The number of anilines is 2. The fraction of sp³-hybridized carbons (Fsp3) is 0.281. The van der Waals surface area contributed by atoms with Gasteiger partial charge < -0.3 is 33.8 Å². The van der Waals surface area contributed by atoms with Crippen LogP contribution in [0.4, 0.5) is 16.2 Å². The quantitative estimate of drug-likeness (QED) is 0.135. The number of hydrogen-bond donors (Lipinski definition) is 2. The second-order valence-corrected chi connectivity index (χ2v) is 9.99. The lowest BCUT2D eigenvalue weighted by molar-refractivity contribution is -0.116. The maximum Gasteiger partial charge on any atom is 0.412 e. The molecular weight excluding hydrogens is 572 g/mol. The third-order valence-electron chi connectivity index (χ3n) is 6.17. The van der Waals surface area contributed by atoms with Crippen molar-refractivity contribution in [2.24, 2.45) is 0 Å². The lowest BCUT2D eigenvalue weighted by Crippen LogP contribution is -2.14. The van der Waals surface area contributed by atoms with Crippen molar-refractivity contribution in [3.63, 3.8) is 0 Å². The van der Waals surface area contributed by atoms with E-state index in [9.17, 15) is 14.4 Å². The van der Waals surface area contributed by atoms with E-state index in [1.165, 1.54) is 7.11 Å². The minimum Gasteiger partial charge on any atom is -0.496 e. The Morgan fingerprint density at radius 2 is 1.49 bits per heavy atom. The monoisotopic (exact) mass is 608 g/mol. The number of nitrogens with one attached hydrogen (secondary N) is 2. The van der Waals surface area contributed by atoms with E-state index in [1.807, 2.05) is 23.6 Å². The van der Waals surface area contributed by atoms with Crippen molar-refractivity contribution in [1.82, 2.24) is 0 Å². The molecule has 0 bridgehead atoms.